The summed E-state index contributed by atoms with van der Waals surface area (Å²) >= 11 is 0. The molecule has 1 aromatic heterocycles. The summed E-state index contributed by atoms with van der Waals surface area (Å²) in [6.45, 7) is 14.7. The first kappa shape index (κ1) is 25.7. The summed E-state index contributed by atoms with van der Waals surface area (Å²) in [4.78, 5) is 30.3. The van der Waals surface area contributed by atoms with Gasteiger partial charge in [0.1, 0.15) is 6.54 Å². The second-order valence-corrected chi connectivity index (χ2v) is 10.2. The molecule has 1 heterocycles. The topological polar surface area (TPSA) is 45.6 Å². The number of aromatic nitrogens is 1. The van der Waals surface area contributed by atoms with Gasteiger partial charge >= 0.3 is 0 Å². The smallest absolute Gasteiger partial charge is 0.254 e. The van der Waals surface area contributed by atoms with Gasteiger partial charge in [-0.25, -0.2) is 0 Å². The van der Waals surface area contributed by atoms with Gasteiger partial charge in [-0.3, -0.25) is 9.59 Å². The Morgan fingerprint density at radius 2 is 1.69 bits per heavy atom. The fourth-order valence-corrected chi connectivity index (χ4v) is 3.71. The predicted octanol–water partition coefficient (Wildman–Crippen LogP) is 5.25. The monoisotopic (exact) mass is 439 g/mol. The number of benzene rings is 1. The van der Waals surface area contributed by atoms with E-state index >= 15 is 0 Å². The molecule has 176 valence electrons. The lowest BCUT2D eigenvalue weighted by Crippen LogP contribution is -2.44. The highest BCUT2D eigenvalue weighted by Gasteiger charge is 2.24. The molecule has 0 aliphatic carbocycles. The molecule has 2 amide bonds. The zero-order chi connectivity index (χ0) is 23.9. The van der Waals surface area contributed by atoms with E-state index in [1.54, 1.807) is 4.90 Å². The zero-order valence-electron chi connectivity index (χ0n) is 21.0. The van der Waals surface area contributed by atoms with E-state index in [2.05, 4.69) is 41.5 Å². The van der Waals surface area contributed by atoms with Crippen molar-refractivity contribution in [1.29, 1.82) is 0 Å². The minimum Gasteiger partial charge on any atom is -0.353 e. The summed E-state index contributed by atoms with van der Waals surface area (Å²) in [5.74, 6) is 0.273. The highest BCUT2D eigenvalue weighted by molar-refractivity contribution is 5.96. The van der Waals surface area contributed by atoms with Crippen LogP contribution in [0.2, 0.25) is 0 Å². The molecule has 0 saturated carbocycles. The number of aryl methyl sites for hydroxylation is 1. The molecule has 1 aromatic carbocycles. The molecular formula is C27H41N3O2. The second kappa shape index (κ2) is 11.3. The lowest BCUT2D eigenvalue weighted by Gasteiger charge is -2.29. The quantitative estimate of drug-likeness (QED) is 0.508. The standard InChI is InChI=1S/C27H41N3O2/c1-8-9-17-29(26(32)22-12-14-23(15-13-22)27(4,5)6)20-25(31)30(18-21(2)3)19-24-11-10-16-28(24)7/h10-16,21H,8-9,17-20H2,1-7H3. The number of hydrogen-bond donors (Lipinski definition) is 0. The maximum Gasteiger partial charge on any atom is 0.254 e. The van der Waals surface area contributed by atoms with E-state index in [0.717, 1.165) is 18.5 Å². The van der Waals surface area contributed by atoms with Crippen LogP contribution in [0.5, 0.6) is 0 Å². The van der Waals surface area contributed by atoms with E-state index in [1.165, 1.54) is 5.56 Å². The second-order valence-electron chi connectivity index (χ2n) is 10.2. The molecule has 0 radical (unpaired) electrons. The first-order valence-electron chi connectivity index (χ1n) is 11.8. The van der Waals surface area contributed by atoms with Crippen molar-refractivity contribution in [3.05, 3.63) is 59.4 Å². The van der Waals surface area contributed by atoms with Crippen LogP contribution in [-0.2, 0) is 23.8 Å². The third-order valence-electron chi connectivity index (χ3n) is 5.74. The molecule has 0 bridgehead atoms. The van der Waals surface area contributed by atoms with Crippen molar-refractivity contribution in [2.75, 3.05) is 19.6 Å². The Labute approximate surface area is 194 Å². The van der Waals surface area contributed by atoms with Crippen molar-refractivity contribution < 1.29 is 9.59 Å². The molecule has 0 aliphatic rings. The number of unbranched alkanes of at least 4 members (excludes halogenated alkanes) is 1. The van der Waals surface area contributed by atoms with E-state index in [0.29, 0.717) is 31.1 Å². The van der Waals surface area contributed by atoms with Gasteiger partial charge in [0.25, 0.3) is 5.91 Å². The van der Waals surface area contributed by atoms with Crippen LogP contribution in [0.15, 0.2) is 42.6 Å². The number of nitrogens with zero attached hydrogens (tertiary/aromatic N) is 3. The van der Waals surface area contributed by atoms with E-state index < -0.39 is 0 Å². The van der Waals surface area contributed by atoms with E-state index in [1.807, 2.05) is 59.1 Å². The molecule has 2 aromatic rings. The largest absolute Gasteiger partial charge is 0.353 e. The molecule has 2 rings (SSSR count). The summed E-state index contributed by atoms with van der Waals surface area (Å²) < 4.78 is 2.04. The Bertz CT molecular complexity index is 875. The maximum absolute atomic E-state index is 13.3. The van der Waals surface area contributed by atoms with Crippen molar-refractivity contribution in [1.82, 2.24) is 14.4 Å². The highest BCUT2D eigenvalue weighted by atomic mass is 16.2. The molecule has 5 nitrogen and oxygen atoms in total. The van der Waals surface area contributed by atoms with E-state index in [9.17, 15) is 9.59 Å². The van der Waals surface area contributed by atoms with Gasteiger partial charge in [-0.15, -0.1) is 0 Å². The normalized spacial score (nSPS) is 11.6. The fourth-order valence-electron chi connectivity index (χ4n) is 3.71. The van der Waals surface area contributed by atoms with Crippen molar-refractivity contribution in [2.45, 2.75) is 66.3 Å². The van der Waals surface area contributed by atoms with E-state index in [4.69, 9.17) is 0 Å². The minimum atomic E-state index is -0.0735. The van der Waals surface area contributed by atoms with Gasteiger partial charge in [0.2, 0.25) is 5.91 Å². The molecule has 0 saturated heterocycles. The molecule has 0 aliphatic heterocycles. The Kier molecular flexibility index (Phi) is 9.11. The average Bonchev–Trinajstić information content (AvgIpc) is 3.13. The summed E-state index contributed by atoms with van der Waals surface area (Å²) in [6.07, 6.45) is 3.84. The third kappa shape index (κ3) is 7.25. The van der Waals surface area contributed by atoms with Crippen molar-refractivity contribution in [2.24, 2.45) is 13.0 Å². The Morgan fingerprint density at radius 3 is 2.19 bits per heavy atom. The molecular weight excluding hydrogens is 398 g/mol. The number of carbonyl (C=O) groups is 2. The average molecular weight is 440 g/mol. The van der Waals surface area contributed by atoms with Gasteiger partial charge in [0.05, 0.1) is 6.54 Å². The van der Waals surface area contributed by atoms with Crippen LogP contribution >= 0.6 is 0 Å². The Morgan fingerprint density at radius 1 is 1.03 bits per heavy atom. The number of carbonyl (C=O) groups excluding carboxylic acids is 2. The van der Waals surface area contributed by atoms with Crippen LogP contribution in [0.4, 0.5) is 0 Å². The maximum atomic E-state index is 13.3. The molecule has 0 unspecified atom stereocenters. The van der Waals surface area contributed by atoms with E-state index in [-0.39, 0.29) is 23.8 Å². The van der Waals surface area contributed by atoms with Gasteiger partial charge in [-0.05, 0) is 47.6 Å². The van der Waals surface area contributed by atoms with Gasteiger partial charge in [0, 0.05) is 37.6 Å². The van der Waals surface area contributed by atoms with Crippen LogP contribution < -0.4 is 0 Å². The lowest BCUT2D eigenvalue weighted by molar-refractivity contribution is -0.133. The number of amides is 2. The van der Waals surface area contributed by atoms with Gasteiger partial charge in [0.15, 0.2) is 0 Å². The third-order valence-corrected chi connectivity index (χ3v) is 5.74. The van der Waals surface area contributed by atoms with Crippen LogP contribution in [0.25, 0.3) is 0 Å². The predicted molar refractivity (Wildman–Crippen MR) is 132 cm³/mol. The molecule has 0 fully saturated rings. The summed E-state index contributed by atoms with van der Waals surface area (Å²) in [5.41, 5.74) is 2.95. The first-order chi connectivity index (χ1) is 15.0. The first-order valence-corrected chi connectivity index (χ1v) is 11.8. The molecule has 5 heteroatoms. The fraction of sp³-hybridized carbons (Fsp3) is 0.556. The summed E-state index contributed by atoms with van der Waals surface area (Å²) in [6, 6.07) is 11.9. The van der Waals surface area contributed by atoms with Crippen LogP contribution in [0, 0.1) is 5.92 Å². The van der Waals surface area contributed by atoms with Crippen molar-refractivity contribution >= 4 is 11.8 Å². The van der Waals surface area contributed by atoms with Gasteiger partial charge in [-0.1, -0.05) is 60.1 Å². The molecule has 0 spiro atoms. The zero-order valence-corrected chi connectivity index (χ0v) is 21.0. The minimum absolute atomic E-state index is 0.00401. The SMILES string of the molecule is CCCCN(CC(=O)N(Cc1cccn1C)CC(C)C)C(=O)c1ccc(C(C)(C)C)cc1. The van der Waals surface area contributed by atoms with Crippen molar-refractivity contribution in [3.63, 3.8) is 0 Å². The molecule has 0 atom stereocenters. The van der Waals surface area contributed by atoms with Crippen molar-refractivity contribution in [3.8, 4) is 0 Å². The summed E-state index contributed by atoms with van der Waals surface area (Å²) in [5, 5.41) is 0. The molecule has 32 heavy (non-hydrogen) atoms. The Hall–Kier alpha value is -2.56. The molecule has 0 N–H and O–H groups in total. The highest BCUT2D eigenvalue weighted by Crippen LogP contribution is 2.22. The summed E-state index contributed by atoms with van der Waals surface area (Å²) in [7, 11) is 1.99. The Balaban J connectivity index is 2.20. The van der Waals surface area contributed by atoms with Gasteiger partial charge < -0.3 is 14.4 Å². The number of hydrogen-bond acceptors (Lipinski definition) is 2. The van der Waals surface area contributed by atoms with Crippen LogP contribution in [0.1, 0.15) is 76.0 Å². The number of rotatable bonds is 10. The van der Waals surface area contributed by atoms with Crippen LogP contribution in [0.3, 0.4) is 0 Å². The lowest BCUT2D eigenvalue weighted by atomic mass is 9.86. The van der Waals surface area contributed by atoms with Crippen LogP contribution in [-0.4, -0.2) is 45.8 Å². The van der Waals surface area contributed by atoms with Gasteiger partial charge in [-0.2, -0.15) is 0 Å².